The summed E-state index contributed by atoms with van der Waals surface area (Å²) in [5.41, 5.74) is 0. The predicted octanol–water partition coefficient (Wildman–Crippen LogP) is 2.37. The van der Waals surface area contributed by atoms with Crippen LogP contribution in [0.1, 0.15) is 40.0 Å². The van der Waals surface area contributed by atoms with Crippen LogP contribution in [0.25, 0.3) is 0 Å². The molecule has 1 rings (SSSR count). The van der Waals surface area contributed by atoms with Crippen LogP contribution in [-0.2, 0) is 4.74 Å². The molecule has 0 aromatic rings. The van der Waals surface area contributed by atoms with Gasteiger partial charge in [0.05, 0.1) is 6.61 Å². The fraction of sp³-hybridized carbons (Fsp3) is 1.00. The van der Waals surface area contributed by atoms with Crippen molar-refractivity contribution in [3.63, 3.8) is 0 Å². The summed E-state index contributed by atoms with van der Waals surface area (Å²) in [6.07, 6.45) is 3.79. The van der Waals surface area contributed by atoms with Crippen molar-refractivity contribution in [3.8, 4) is 0 Å². The molecule has 1 N–H and O–H groups in total. The van der Waals surface area contributed by atoms with Gasteiger partial charge in [-0.25, -0.2) is 0 Å². The number of unbranched alkanes of at least 4 members (excludes halogenated alkanes) is 1. The van der Waals surface area contributed by atoms with Crippen LogP contribution in [0.15, 0.2) is 0 Å². The zero-order valence-electron chi connectivity index (χ0n) is 12.6. The lowest BCUT2D eigenvalue weighted by atomic mass is 9.95. The first kappa shape index (κ1) is 15.9. The minimum atomic E-state index is 0.843. The van der Waals surface area contributed by atoms with Crippen LogP contribution in [-0.4, -0.2) is 50.8 Å². The highest BCUT2D eigenvalue weighted by Gasteiger charge is 2.23. The van der Waals surface area contributed by atoms with Crippen LogP contribution in [0.4, 0.5) is 0 Å². The average Bonchev–Trinajstić information content (AvgIpc) is 2.81. The number of hydrogen-bond acceptors (Lipinski definition) is 3. The van der Waals surface area contributed by atoms with E-state index in [4.69, 9.17) is 4.74 Å². The molecule has 18 heavy (non-hydrogen) atoms. The third-order valence-electron chi connectivity index (χ3n) is 3.92. The molecule has 108 valence electrons. The molecule has 1 unspecified atom stereocenters. The molecule has 3 nitrogen and oxygen atoms in total. The van der Waals surface area contributed by atoms with Gasteiger partial charge in [-0.05, 0) is 31.2 Å². The van der Waals surface area contributed by atoms with E-state index in [0.29, 0.717) is 0 Å². The topological polar surface area (TPSA) is 24.5 Å². The van der Waals surface area contributed by atoms with Crippen molar-refractivity contribution in [3.05, 3.63) is 0 Å². The highest BCUT2D eigenvalue weighted by molar-refractivity contribution is 4.77. The number of ether oxygens (including phenoxy) is 1. The first-order valence-electron chi connectivity index (χ1n) is 7.74. The highest BCUT2D eigenvalue weighted by Crippen LogP contribution is 2.22. The van der Waals surface area contributed by atoms with Crippen LogP contribution < -0.4 is 5.32 Å². The first-order valence-corrected chi connectivity index (χ1v) is 7.74. The van der Waals surface area contributed by atoms with Gasteiger partial charge in [-0.15, -0.1) is 0 Å². The fourth-order valence-electron chi connectivity index (χ4n) is 2.46. The predicted molar refractivity (Wildman–Crippen MR) is 78.0 cm³/mol. The zero-order valence-corrected chi connectivity index (χ0v) is 12.6. The Bertz CT molecular complexity index is 197. The summed E-state index contributed by atoms with van der Waals surface area (Å²) in [4.78, 5) is 2.59. The van der Waals surface area contributed by atoms with Crippen LogP contribution in [0.5, 0.6) is 0 Å². The van der Waals surface area contributed by atoms with Gasteiger partial charge in [-0.3, -0.25) is 0 Å². The number of rotatable bonds is 10. The van der Waals surface area contributed by atoms with Crippen molar-refractivity contribution in [2.24, 2.45) is 11.8 Å². The minimum Gasteiger partial charge on any atom is -0.380 e. The molecule has 0 radical (unpaired) electrons. The third-order valence-corrected chi connectivity index (χ3v) is 3.92. The van der Waals surface area contributed by atoms with Crippen molar-refractivity contribution in [1.82, 2.24) is 10.2 Å². The Hall–Kier alpha value is -0.120. The molecule has 1 fully saturated rings. The summed E-state index contributed by atoms with van der Waals surface area (Å²) >= 11 is 0. The maximum atomic E-state index is 5.52. The number of nitrogens with zero attached hydrogens (tertiary/aromatic N) is 1. The SMILES string of the molecule is CCCCOCCNCCN1CCC(C(C)C)C1. The van der Waals surface area contributed by atoms with E-state index < -0.39 is 0 Å². The van der Waals surface area contributed by atoms with E-state index in [-0.39, 0.29) is 0 Å². The molecule has 0 bridgehead atoms. The van der Waals surface area contributed by atoms with E-state index in [9.17, 15) is 0 Å². The van der Waals surface area contributed by atoms with E-state index in [0.717, 1.165) is 38.1 Å². The molecule has 1 atom stereocenters. The monoisotopic (exact) mass is 256 g/mol. The Kier molecular flexibility index (Phi) is 8.64. The number of likely N-dealkylation sites (tertiary alicyclic amines) is 1. The lowest BCUT2D eigenvalue weighted by Crippen LogP contribution is -2.32. The van der Waals surface area contributed by atoms with E-state index in [1.807, 2.05) is 0 Å². The van der Waals surface area contributed by atoms with Gasteiger partial charge in [-0.2, -0.15) is 0 Å². The normalized spacial score (nSPS) is 21.0. The molecule has 3 heteroatoms. The summed E-state index contributed by atoms with van der Waals surface area (Å²) in [5, 5.41) is 3.47. The van der Waals surface area contributed by atoms with Gasteiger partial charge >= 0.3 is 0 Å². The summed E-state index contributed by atoms with van der Waals surface area (Å²) in [5.74, 6) is 1.76. The zero-order chi connectivity index (χ0) is 13.2. The first-order chi connectivity index (χ1) is 8.74. The van der Waals surface area contributed by atoms with E-state index in [1.54, 1.807) is 0 Å². The molecule has 0 aromatic carbocycles. The number of nitrogens with one attached hydrogen (secondary N) is 1. The van der Waals surface area contributed by atoms with Crippen LogP contribution in [0.3, 0.4) is 0 Å². The van der Waals surface area contributed by atoms with Gasteiger partial charge in [0.25, 0.3) is 0 Å². The quantitative estimate of drug-likeness (QED) is 0.607. The van der Waals surface area contributed by atoms with Crippen molar-refractivity contribution >= 4 is 0 Å². The van der Waals surface area contributed by atoms with Crippen molar-refractivity contribution in [2.75, 3.05) is 45.9 Å². The Morgan fingerprint density at radius 1 is 1.28 bits per heavy atom. The maximum absolute atomic E-state index is 5.52. The number of hydrogen-bond donors (Lipinski definition) is 1. The maximum Gasteiger partial charge on any atom is 0.0590 e. The fourth-order valence-corrected chi connectivity index (χ4v) is 2.46. The summed E-state index contributed by atoms with van der Waals surface area (Å²) in [6.45, 7) is 14.5. The second-order valence-electron chi connectivity index (χ2n) is 5.81. The van der Waals surface area contributed by atoms with E-state index in [2.05, 4.69) is 31.0 Å². The van der Waals surface area contributed by atoms with Crippen LogP contribution >= 0.6 is 0 Å². The Labute approximate surface area is 113 Å². The second kappa shape index (κ2) is 9.76. The van der Waals surface area contributed by atoms with Gasteiger partial charge < -0.3 is 15.0 Å². The van der Waals surface area contributed by atoms with Gasteiger partial charge in [0.1, 0.15) is 0 Å². The van der Waals surface area contributed by atoms with Crippen molar-refractivity contribution in [1.29, 1.82) is 0 Å². The lowest BCUT2D eigenvalue weighted by Gasteiger charge is -2.18. The minimum absolute atomic E-state index is 0.843. The Morgan fingerprint density at radius 3 is 2.78 bits per heavy atom. The van der Waals surface area contributed by atoms with E-state index >= 15 is 0 Å². The summed E-state index contributed by atoms with van der Waals surface area (Å²) in [6, 6.07) is 0. The van der Waals surface area contributed by atoms with Gasteiger partial charge in [-0.1, -0.05) is 27.2 Å². The molecular formula is C15H32N2O. The van der Waals surface area contributed by atoms with Crippen molar-refractivity contribution in [2.45, 2.75) is 40.0 Å². The molecule has 1 saturated heterocycles. The largest absolute Gasteiger partial charge is 0.380 e. The Morgan fingerprint density at radius 2 is 2.11 bits per heavy atom. The smallest absolute Gasteiger partial charge is 0.0590 e. The van der Waals surface area contributed by atoms with Crippen LogP contribution in [0, 0.1) is 11.8 Å². The molecule has 1 heterocycles. The standard InChI is InChI=1S/C15H32N2O/c1-4-5-11-18-12-8-16-7-10-17-9-6-15(13-17)14(2)3/h14-16H,4-13H2,1-3H3. The molecule has 1 aliphatic heterocycles. The molecule has 0 aromatic heterocycles. The Balaban J connectivity index is 1.87. The highest BCUT2D eigenvalue weighted by atomic mass is 16.5. The lowest BCUT2D eigenvalue weighted by molar-refractivity contribution is 0.132. The molecule has 0 spiro atoms. The molecule has 0 amide bonds. The summed E-state index contributed by atoms with van der Waals surface area (Å²) < 4.78 is 5.52. The van der Waals surface area contributed by atoms with Crippen molar-refractivity contribution < 1.29 is 4.74 Å². The average molecular weight is 256 g/mol. The third kappa shape index (κ3) is 6.72. The second-order valence-corrected chi connectivity index (χ2v) is 5.81. The van der Waals surface area contributed by atoms with E-state index in [1.165, 1.54) is 38.9 Å². The van der Waals surface area contributed by atoms with Gasteiger partial charge in [0.15, 0.2) is 0 Å². The molecular weight excluding hydrogens is 224 g/mol. The molecule has 0 aliphatic carbocycles. The van der Waals surface area contributed by atoms with Gasteiger partial charge in [0, 0.05) is 32.8 Å². The molecule has 0 saturated carbocycles. The molecule has 1 aliphatic rings. The van der Waals surface area contributed by atoms with Crippen LogP contribution in [0.2, 0.25) is 0 Å². The summed E-state index contributed by atoms with van der Waals surface area (Å²) in [7, 11) is 0. The van der Waals surface area contributed by atoms with Gasteiger partial charge in [0.2, 0.25) is 0 Å².